The molecule has 21 heavy (non-hydrogen) atoms. The molecule has 0 amide bonds. The van der Waals surface area contributed by atoms with Crippen LogP contribution in [-0.2, 0) is 13.1 Å². The molecule has 2 heterocycles. The van der Waals surface area contributed by atoms with Crippen molar-refractivity contribution in [3.8, 4) is 0 Å². The molecule has 0 atom stereocenters. The van der Waals surface area contributed by atoms with Gasteiger partial charge in [0, 0.05) is 33.1 Å². The summed E-state index contributed by atoms with van der Waals surface area (Å²) in [5, 5.41) is 13.8. The zero-order chi connectivity index (χ0) is 14.4. The Hall–Kier alpha value is -0.870. The molecule has 0 spiro atoms. The standard InChI is InChI=1S/C13H19N5S2.HI/c1-14-12(15-6-10-4-5-19-8-10)16-7-11-9-20-13(17-11)18(2)3;/h4-5,8-9H,6-7H2,1-3H3,(H2,14,15,16);1H. The van der Waals surface area contributed by atoms with Crippen LogP contribution in [-0.4, -0.2) is 32.1 Å². The number of halogens is 1. The first kappa shape index (κ1) is 18.2. The highest BCUT2D eigenvalue weighted by Gasteiger charge is 2.04. The predicted octanol–water partition coefficient (Wildman–Crippen LogP) is 2.75. The number of thiazole rings is 1. The van der Waals surface area contributed by atoms with Crippen molar-refractivity contribution in [3.63, 3.8) is 0 Å². The Bertz CT molecular complexity index is 551. The fourth-order valence-corrected chi connectivity index (χ4v) is 2.98. The summed E-state index contributed by atoms with van der Waals surface area (Å²) in [6.07, 6.45) is 0. The van der Waals surface area contributed by atoms with Crippen molar-refractivity contribution in [2.75, 3.05) is 26.0 Å². The van der Waals surface area contributed by atoms with Gasteiger partial charge in [0.25, 0.3) is 0 Å². The molecular formula is C13H20IN5S2. The van der Waals surface area contributed by atoms with E-state index in [9.17, 15) is 0 Å². The van der Waals surface area contributed by atoms with Crippen molar-refractivity contribution in [1.29, 1.82) is 0 Å². The number of nitrogens with one attached hydrogen (secondary N) is 2. The molecule has 0 aliphatic rings. The van der Waals surface area contributed by atoms with Gasteiger partial charge in [-0.1, -0.05) is 0 Å². The molecule has 116 valence electrons. The van der Waals surface area contributed by atoms with Gasteiger partial charge < -0.3 is 15.5 Å². The summed E-state index contributed by atoms with van der Waals surface area (Å²) in [6, 6.07) is 2.11. The van der Waals surface area contributed by atoms with Gasteiger partial charge in [-0.2, -0.15) is 11.3 Å². The number of guanidine groups is 1. The van der Waals surface area contributed by atoms with Crippen LogP contribution in [0.4, 0.5) is 5.13 Å². The second-order valence-corrected chi connectivity index (χ2v) is 6.04. The third kappa shape index (κ3) is 5.79. The molecule has 0 bridgehead atoms. The van der Waals surface area contributed by atoms with Crippen molar-refractivity contribution in [2.24, 2.45) is 4.99 Å². The Labute approximate surface area is 150 Å². The maximum atomic E-state index is 4.53. The van der Waals surface area contributed by atoms with Crippen LogP contribution in [0.5, 0.6) is 0 Å². The molecule has 0 aromatic carbocycles. The Morgan fingerprint density at radius 3 is 2.62 bits per heavy atom. The SMILES string of the molecule is CN=C(NCc1ccsc1)NCc1csc(N(C)C)n1.I. The summed E-state index contributed by atoms with van der Waals surface area (Å²) in [5.74, 6) is 0.788. The van der Waals surface area contributed by atoms with Crippen LogP contribution in [0.2, 0.25) is 0 Å². The highest BCUT2D eigenvalue weighted by atomic mass is 127. The van der Waals surface area contributed by atoms with E-state index in [1.54, 1.807) is 29.7 Å². The van der Waals surface area contributed by atoms with Crippen LogP contribution >= 0.6 is 46.7 Å². The molecule has 0 fully saturated rings. The normalized spacial score (nSPS) is 10.9. The number of anilines is 1. The maximum absolute atomic E-state index is 4.53. The van der Waals surface area contributed by atoms with E-state index in [2.05, 4.69) is 42.8 Å². The second-order valence-electron chi connectivity index (χ2n) is 4.43. The molecule has 8 heteroatoms. The van der Waals surface area contributed by atoms with Crippen LogP contribution in [0.3, 0.4) is 0 Å². The number of aromatic nitrogens is 1. The van der Waals surface area contributed by atoms with Gasteiger partial charge >= 0.3 is 0 Å². The summed E-state index contributed by atoms with van der Waals surface area (Å²) in [7, 11) is 5.77. The van der Waals surface area contributed by atoms with Gasteiger partial charge in [0.15, 0.2) is 11.1 Å². The average Bonchev–Trinajstić information content (AvgIpc) is 3.10. The van der Waals surface area contributed by atoms with Crippen molar-refractivity contribution in [3.05, 3.63) is 33.5 Å². The predicted molar refractivity (Wildman–Crippen MR) is 103 cm³/mol. The smallest absolute Gasteiger partial charge is 0.191 e. The fraction of sp³-hybridized carbons (Fsp3) is 0.385. The molecule has 0 saturated heterocycles. The Kier molecular flexibility index (Phi) is 7.97. The van der Waals surface area contributed by atoms with Gasteiger partial charge in [0.05, 0.1) is 12.2 Å². The van der Waals surface area contributed by atoms with Crippen LogP contribution < -0.4 is 15.5 Å². The zero-order valence-electron chi connectivity index (χ0n) is 12.3. The first-order valence-corrected chi connectivity index (χ1v) is 8.08. The van der Waals surface area contributed by atoms with E-state index in [1.165, 1.54) is 5.56 Å². The van der Waals surface area contributed by atoms with Crippen LogP contribution in [0.1, 0.15) is 11.3 Å². The monoisotopic (exact) mass is 437 g/mol. The van der Waals surface area contributed by atoms with Crippen molar-refractivity contribution in [1.82, 2.24) is 15.6 Å². The van der Waals surface area contributed by atoms with E-state index >= 15 is 0 Å². The second kappa shape index (κ2) is 9.21. The largest absolute Gasteiger partial charge is 0.354 e. The lowest BCUT2D eigenvalue weighted by Crippen LogP contribution is -2.36. The zero-order valence-corrected chi connectivity index (χ0v) is 16.3. The molecule has 2 N–H and O–H groups in total. The van der Waals surface area contributed by atoms with E-state index < -0.39 is 0 Å². The fourth-order valence-electron chi connectivity index (χ4n) is 1.56. The highest BCUT2D eigenvalue weighted by Crippen LogP contribution is 2.17. The average molecular weight is 437 g/mol. The topological polar surface area (TPSA) is 52.6 Å². The minimum Gasteiger partial charge on any atom is -0.354 e. The molecule has 0 radical (unpaired) electrons. The Morgan fingerprint density at radius 2 is 2.05 bits per heavy atom. The molecule has 5 nitrogen and oxygen atoms in total. The molecule has 2 aromatic rings. The van der Waals surface area contributed by atoms with Gasteiger partial charge in [0.1, 0.15) is 0 Å². The lowest BCUT2D eigenvalue weighted by molar-refractivity contribution is 0.798. The van der Waals surface area contributed by atoms with Crippen molar-refractivity contribution < 1.29 is 0 Å². The van der Waals surface area contributed by atoms with Gasteiger partial charge in [0.2, 0.25) is 0 Å². The number of rotatable bonds is 5. The van der Waals surface area contributed by atoms with Gasteiger partial charge in [-0.25, -0.2) is 4.98 Å². The van der Waals surface area contributed by atoms with Crippen molar-refractivity contribution >= 4 is 57.7 Å². The number of thiophene rings is 1. The summed E-state index contributed by atoms with van der Waals surface area (Å²) in [6.45, 7) is 1.46. The molecule has 0 saturated carbocycles. The number of nitrogens with zero attached hydrogens (tertiary/aromatic N) is 3. The molecule has 2 rings (SSSR count). The van der Waals surface area contributed by atoms with Gasteiger partial charge in [-0.05, 0) is 22.4 Å². The summed E-state index contributed by atoms with van der Waals surface area (Å²) >= 11 is 3.35. The molecule has 0 aliphatic heterocycles. The Balaban J connectivity index is 0.00000220. The maximum Gasteiger partial charge on any atom is 0.191 e. The number of hydrogen-bond donors (Lipinski definition) is 2. The third-order valence-corrected chi connectivity index (χ3v) is 4.41. The highest BCUT2D eigenvalue weighted by molar-refractivity contribution is 14.0. The minimum absolute atomic E-state index is 0. The van der Waals surface area contributed by atoms with Gasteiger partial charge in [-0.3, -0.25) is 4.99 Å². The first-order chi connectivity index (χ1) is 9.69. The lowest BCUT2D eigenvalue weighted by atomic mass is 10.3. The van der Waals surface area contributed by atoms with E-state index in [0.717, 1.165) is 23.3 Å². The number of hydrogen-bond acceptors (Lipinski definition) is 5. The summed E-state index contributed by atoms with van der Waals surface area (Å²) in [4.78, 5) is 10.7. The van der Waals surface area contributed by atoms with E-state index in [-0.39, 0.29) is 24.0 Å². The quantitative estimate of drug-likeness (QED) is 0.429. The van der Waals surface area contributed by atoms with Crippen LogP contribution in [0.25, 0.3) is 0 Å². The summed E-state index contributed by atoms with van der Waals surface area (Å²) in [5.41, 5.74) is 2.29. The molecule has 0 unspecified atom stereocenters. The molecule has 2 aromatic heterocycles. The van der Waals surface area contributed by atoms with Crippen LogP contribution in [0.15, 0.2) is 27.2 Å². The van der Waals surface area contributed by atoms with E-state index in [0.29, 0.717) is 6.54 Å². The minimum atomic E-state index is 0. The lowest BCUT2D eigenvalue weighted by Gasteiger charge is -2.10. The van der Waals surface area contributed by atoms with Gasteiger partial charge in [-0.15, -0.1) is 35.3 Å². The number of aliphatic imine (C=N–C) groups is 1. The first-order valence-electron chi connectivity index (χ1n) is 6.26. The summed E-state index contributed by atoms with van der Waals surface area (Å²) < 4.78 is 0. The van der Waals surface area contributed by atoms with E-state index in [4.69, 9.17) is 0 Å². The van der Waals surface area contributed by atoms with Crippen molar-refractivity contribution in [2.45, 2.75) is 13.1 Å². The Morgan fingerprint density at radius 1 is 1.29 bits per heavy atom. The third-order valence-electron chi connectivity index (χ3n) is 2.62. The molecular weight excluding hydrogens is 417 g/mol. The van der Waals surface area contributed by atoms with Crippen LogP contribution in [0, 0.1) is 0 Å². The molecule has 0 aliphatic carbocycles. The van der Waals surface area contributed by atoms with E-state index in [1.807, 2.05) is 19.0 Å².